The Morgan fingerprint density at radius 1 is 0.846 bits per heavy atom. The molecule has 2 aromatic rings. The van der Waals surface area contributed by atoms with E-state index in [0.717, 1.165) is 50.2 Å². The fourth-order valence-electron chi connectivity index (χ4n) is 2.81. The molecule has 2 amide bonds. The maximum atomic E-state index is 12.6. The van der Waals surface area contributed by atoms with E-state index in [1.54, 1.807) is 29.2 Å². The smallest absolute Gasteiger partial charge is 0.339 e. The minimum Gasteiger partial charge on any atom is -0.339 e. The molecule has 26 heavy (non-hydrogen) atoms. The number of nitrogens with one attached hydrogen (secondary N) is 1. The first kappa shape index (κ1) is 18.0. The monoisotopic (exact) mass is 362 g/mol. The molecule has 0 aromatic heterocycles. The van der Waals surface area contributed by atoms with E-state index in [4.69, 9.17) is 0 Å². The Hall–Kier alpha value is -2.83. The lowest BCUT2D eigenvalue weighted by atomic mass is 10.1. The van der Waals surface area contributed by atoms with Crippen molar-refractivity contribution in [2.45, 2.75) is 19.0 Å². The third-order valence-corrected chi connectivity index (χ3v) is 4.26. The van der Waals surface area contributed by atoms with Gasteiger partial charge in [-0.15, -0.1) is 0 Å². The van der Waals surface area contributed by atoms with Crippen molar-refractivity contribution < 1.29 is 22.8 Å². The largest absolute Gasteiger partial charge is 0.416 e. The summed E-state index contributed by atoms with van der Waals surface area (Å²) in [5, 5.41) is 2.61. The number of amides is 2. The average Bonchev–Trinajstić information content (AvgIpc) is 3.16. The number of benzene rings is 2. The highest BCUT2D eigenvalue weighted by molar-refractivity contribution is 6.04. The maximum absolute atomic E-state index is 12.6. The van der Waals surface area contributed by atoms with Crippen LogP contribution < -0.4 is 5.32 Å². The molecule has 0 radical (unpaired) electrons. The number of halogens is 3. The Balaban J connectivity index is 1.65. The molecule has 1 fully saturated rings. The zero-order chi connectivity index (χ0) is 18.7. The second-order valence-corrected chi connectivity index (χ2v) is 6.11. The van der Waals surface area contributed by atoms with Crippen molar-refractivity contribution in [3.8, 4) is 0 Å². The summed E-state index contributed by atoms with van der Waals surface area (Å²) < 4.78 is 37.7. The van der Waals surface area contributed by atoms with Gasteiger partial charge in [-0.25, -0.2) is 0 Å². The van der Waals surface area contributed by atoms with Crippen LogP contribution in [-0.2, 0) is 6.18 Å². The summed E-state index contributed by atoms with van der Waals surface area (Å²) in [5.41, 5.74) is 0.321. The summed E-state index contributed by atoms with van der Waals surface area (Å²) >= 11 is 0. The quantitative estimate of drug-likeness (QED) is 0.890. The Labute approximate surface area is 148 Å². The lowest BCUT2D eigenvalue weighted by Gasteiger charge is -2.15. The van der Waals surface area contributed by atoms with Gasteiger partial charge in [-0.2, -0.15) is 13.2 Å². The predicted octanol–water partition coefficient (Wildman–Crippen LogP) is 4.19. The van der Waals surface area contributed by atoms with Crippen molar-refractivity contribution in [2.24, 2.45) is 0 Å². The second kappa shape index (κ2) is 7.19. The van der Waals surface area contributed by atoms with Gasteiger partial charge in [-0.1, -0.05) is 0 Å². The number of hydrogen-bond donors (Lipinski definition) is 1. The molecule has 1 saturated heterocycles. The van der Waals surface area contributed by atoms with Crippen LogP contribution in [0.3, 0.4) is 0 Å². The van der Waals surface area contributed by atoms with Crippen molar-refractivity contribution in [3.63, 3.8) is 0 Å². The van der Waals surface area contributed by atoms with Crippen molar-refractivity contribution in [3.05, 3.63) is 65.2 Å². The standard InChI is InChI=1S/C19H17F3N2O2/c20-19(21,22)15-7-3-13(4-8-15)17(25)23-16-9-5-14(6-10-16)18(26)24-11-1-2-12-24/h3-10H,1-2,11-12H2,(H,23,25). The van der Waals surface area contributed by atoms with E-state index in [1.165, 1.54) is 0 Å². The molecule has 3 rings (SSSR count). The molecular formula is C19H17F3N2O2. The Morgan fingerprint density at radius 2 is 1.38 bits per heavy atom. The lowest BCUT2D eigenvalue weighted by molar-refractivity contribution is -0.137. The van der Waals surface area contributed by atoms with Crippen LogP contribution in [0.15, 0.2) is 48.5 Å². The number of anilines is 1. The van der Waals surface area contributed by atoms with Gasteiger partial charge in [-0.3, -0.25) is 9.59 Å². The molecule has 1 aliphatic rings. The first-order valence-corrected chi connectivity index (χ1v) is 8.22. The van der Waals surface area contributed by atoms with Crippen LogP contribution in [0.2, 0.25) is 0 Å². The molecule has 0 atom stereocenters. The second-order valence-electron chi connectivity index (χ2n) is 6.11. The van der Waals surface area contributed by atoms with E-state index in [0.29, 0.717) is 11.3 Å². The van der Waals surface area contributed by atoms with Gasteiger partial charge in [0.05, 0.1) is 5.56 Å². The summed E-state index contributed by atoms with van der Waals surface area (Å²) in [5.74, 6) is -0.555. The number of likely N-dealkylation sites (tertiary alicyclic amines) is 1. The van der Waals surface area contributed by atoms with Crippen LogP contribution in [0.4, 0.5) is 18.9 Å². The molecule has 0 unspecified atom stereocenters. The Kier molecular flexibility index (Phi) is 4.97. The lowest BCUT2D eigenvalue weighted by Crippen LogP contribution is -2.27. The molecule has 1 aliphatic heterocycles. The molecular weight excluding hydrogens is 345 g/mol. The van der Waals surface area contributed by atoms with Gasteiger partial charge in [0.15, 0.2) is 0 Å². The van der Waals surface area contributed by atoms with Crippen LogP contribution in [-0.4, -0.2) is 29.8 Å². The first-order chi connectivity index (χ1) is 12.3. The van der Waals surface area contributed by atoms with Crippen molar-refractivity contribution in [1.29, 1.82) is 0 Å². The summed E-state index contributed by atoms with van der Waals surface area (Å²) in [7, 11) is 0. The number of hydrogen-bond acceptors (Lipinski definition) is 2. The average molecular weight is 362 g/mol. The summed E-state index contributed by atoms with van der Waals surface area (Å²) in [6.07, 6.45) is -2.42. The van der Waals surface area contributed by atoms with Crippen LogP contribution in [0.25, 0.3) is 0 Å². The zero-order valence-corrected chi connectivity index (χ0v) is 13.8. The SMILES string of the molecule is O=C(Nc1ccc(C(=O)N2CCCC2)cc1)c1ccc(C(F)(F)F)cc1. The highest BCUT2D eigenvalue weighted by Crippen LogP contribution is 2.29. The van der Waals surface area contributed by atoms with Crippen LogP contribution in [0.5, 0.6) is 0 Å². The van der Waals surface area contributed by atoms with Crippen LogP contribution in [0.1, 0.15) is 39.1 Å². The molecule has 7 heteroatoms. The van der Waals surface area contributed by atoms with Crippen molar-refractivity contribution in [2.75, 3.05) is 18.4 Å². The van der Waals surface area contributed by atoms with E-state index in [-0.39, 0.29) is 11.5 Å². The highest BCUT2D eigenvalue weighted by atomic mass is 19.4. The fourth-order valence-corrected chi connectivity index (χ4v) is 2.81. The summed E-state index contributed by atoms with van der Waals surface area (Å²) in [4.78, 5) is 26.2. The van der Waals surface area contributed by atoms with E-state index >= 15 is 0 Å². The zero-order valence-electron chi connectivity index (χ0n) is 13.8. The number of nitrogens with zero attached hydrogens (tertiary/aromatic N) is 1. The minimum absolute atomic E-state index is 0.0388. The molecule has 0 spiro atoms. The normalized spacial score (nSPS) is 14.3. The molecule has 0 saturated carbocycles. The third-order valence-electron chi connectivity index (χ3n) is 4.26. The van der Waals surface area contributed by atoms with Crippen molar-refractivity contribution >= 4 is 17.5 Å². The molecule has 0 aliphatic carbocycles. The number of carbonyl (C=O) groups excluding carboxylic acids is 2. The van der Waals surface area contributed by atoms with E-state index in [2.05, 4.69) is 5.32 Å². The van der Waals surface area contributed by atoms with Crippen molar-refractivity contribution in [1.82, 2.24) is 4.90 Å². The Bertz CT molecular complexity index is 793. The Morgan fingerprint density at radius 3 is 1.92 bits per heavy atom. The van der Waals surface area contributed by atoms with Gasteiger partial charge >= 0.3 is 6.18 Å². The van der Waals surface area contributed by atoms with Gasteiger partial charge in [0.2, 0.25) is 0 Å². The van der Waals surface area contributed by atoms with Crippen LogP contribution in [0, 0.1) is 0 Å². The maximum Gasteiger partial charge on any atom is 0.416 e. The molecule has 2 aromatic carbocycles. The first-order valence-electron chi connectivity index (χ1n) is 8.22. The van der Waals surface area contributed by atoms with Gasteiger partial charge < -0.3 is 10.2 Å². The highest BCUT2D eigenvalue weighted by Gasteiger charge is 2.30. The summed E-state index contributed by atoms with van der Waals surface area (Å²) in [6.45, 7) is 1.51. The molecule has 4 nitrogen and oxygen atoms in total. The van der Waals surface area contributed by atoms with Gasteiger partial charge in [0.1, 0.15) is 0 Å². The van der Waals surface area contributed by atoms with E-state index in [1.807, 2.05) is 0 Å². The van der Waals surface area contributed by atoms with Crippen LogP contribution >= 0.6 is 0 Å². The molecule has 0 bridgehead atoms. The third kappa shape index (κ3) is 4.04. The number of carbonyl (C=O) groups is 2. The minimum atomic E-state index is -4.44. The van der Waals surface area contributed by atoms with Gasteiger partial charge in [0, 0.05) is 29.9 Å². The molecule has 1 heterocycles. The molecule has 136 valence electrons. The van der Waals surface area contributed by atoms with E-state index < -0.39 is 17.6 Å². The summed E-state index contributed by atoms with van der Waals surface area (Å²) in [6, 6.07) is 10.5. The van der Waals surface area contributed by atoms with Gasteiger partial charge in [0.25, 0.3) is 11.8 Å². The predicted molar refractivity (Wildman–Crippen MR) is 91.0 cm³/mol. The van der Waals surface area contributed by atoms with E-state index in [9.17, 15) is 22.8 Å². The number of rotatable bonds is 3. The van der Waals surface area contributed by atoms with Gasteiger partial charge in [-0.05, 0) is 61.4 Å². The topological polar surface area (TPSA) is 49.4 Å². The number of alkyl halides is 3. The fraction of sp³-hybridized carbons (Fsp3) is 0.263. The molecule has 1 N–H and O–H groups in total.